The first-order chi connectivity index (χ1) is 16.7. The number of aromatic amines is 1. The number of anilines is 1. The van der Waals surface area contributed by atoms with Gasteiger partial charge in [-0.3, -0.25) is 14.5 Å². The highest BCUT2D eigenvalue weighted by atomic mass is 32.1. The molecule has 0 aliphatic carbocycles. The molecule has 34 heavy (non-hydrogen) atoms. The van der Waals surface area contributed by atoms with E-state index in [0.29, 0.717) is 16.4 Å². The molecule has 1 aromatic carbocycles. The maximum Gasteiger partial charge on any atom is 0.262 e. The summed E-state index contributed by atoms with van der Waals surface area (Å²) in [7, 11) is 0. The second kappa shape index (κ2) is 10.5. The largest absolute Gasteiger partial charge is 0.379 e. The van der Waals surface area contributed by atoms with Gasteiger partial charge >= 0.3 is 0 Å². The summed E-state index contributed by atoms with van der Waals surface area (Å²) >= 11 is 2.74. The number of H-pyrrole nitrogens is 1. The van der Waals surface area contributed by atoms with Gasteiger partial charge in [-0.1, -0.05) is 24.3 Å². The smallest absolute Gasteiger partial charge is 0.262 e. The Bertz CT molecular complexity index is 1260. The molecule has 1 atom stereocenters. The van der Waals surface area contributed by atoms with Crippen molar-refractivity contribution < 1.29 is 14.3 Å². The zero-order valence-electron chi connectivity index (χ0n) is 18.5. The van der Waals surface area contributed by atoms with Gasteiger partial charge in [-0.25, -0.2) is 4.98 Å². The van der Waals surface area contributed by atoms with Crippen LogP contribution in [0.1, 0.15) is 20.9 Å². The lowest BCUT2D eigenvalue weighted by molar-refractivity contribution is -0.118. The number of rotatable bonds is 8. The predicted octanol–water partition coefficient (Wildman–Crippen LogP) is 3.50. The molecule has 3 aromatic heterocycles. The minimum atomic E-state index is -0.750. The number of carbonyl (C=O) groups excluding carboxylic acids is 2. The van der Waals surface area contributed by atoms with Crippen LogP contribution in [0.2, 0.25) is 0 Å². The molecule has 3 N–H and O–H groups in total. The number of amides is 2. The minimum absolute atomic E-state index is 0.262. The highest BCUT2D eigenvalue weighted by Gasteiger charge is 2.25. The lowest BCUT2D eigenvalue weighted by atomic mass is 10.0. The first kappa shape index (κ1) is 22.7. The normalized spacial score (nSPS) is 15.3. The number of hydrogen-bond acceptors (Lipinski definition) is 7. The van der Waals surface area contributed by atoms with Gasteiger partial charge in [0.1, 0.15) is 6.04 Å². The van der Waals surface area contributed by atoms with Crippen LogP contribution in [-0.4, -0.2) is 59.0 Å². The minimum Gasteiger partial charge on any atom is -0.379 e. The van der Waals surface area contributed by atoms with Crippen LogP contribution in [0, 0.1) is 0 Å². The Morgan fingerprint density at radius 3 is 2.82 bits per heavy atom. The fourth-order valence-corrected chi connectivity index (χ4v) is 5.32. The number of aromatic nitrogens is 2. The molecular formula is C24H25N5O3S2. The summed E-state index contributed by atoms with van der Waals surface area (Å²) < 4.78 is 5.40. The quantitative estimate of drug-likeness (QED) is 0.348. The summed E-state index contributed by atoms with van der Waals surface area (Å²) in [6.45, 7) is 3.94. The second-order valence-corrected chi connectivity index (χ2v) is 9.89. The van der Waals surface area contributed by atoms with Crippen LogP contribution in [0.4, 0.5) is 5.13 Å². The van der Waals surface area contributed by atoms with E-state index < -0.39 is 6.04 Å². The summed E-state index contributed by atoms with van der Waals surface area (Å²) in [6.07, 6.45) is 2.26. The molecule has 0 radical (unpaired) electrons. The predicted molar refractivity (Wildman–Crippen MR) is 134 cm³/mol. The molecule has 0 spiro atoms. The summed E-state index contributed by atoms with van der Waals surface area (Å²) in [5.74, 6) is -0.551. The van der Waals surface area contributed by atoms with Gasteiger partial charge in [0.05, 0.1) is 23.8 Å². The van der Waals surface area contributed by atoms with E-state index in [1.54, 1.807) is 6.07 Å². The van der Waals surface area contributed by atoms with Crippen molar-refractivity contribution in [2.75, 3.05) is 31.6 Å². The molecule has 1 aliphatic heterocycles. The number of ether oxygens (including phenoxy) is 1. The monoisotopic (exact) mass is 495 g/mol. The Kier molecular flexibility index (Phi) is 7.00. The molecule has 0 saturated carbocycles. The topological polar surface area (TPSA) is 99.3 Å². The molecule has 5 rings (SSSR count). The number of thiophene rings is 1. The molecule has 1 saturated heterocycles. The molecule has 2 amide bonds. The van der Waals surface area contributed by atoms with Crippen molar-refractivity contribution in [3.05, 3.63) is 69.5 Å². The number of fused-ring (bicyclic) bond motifs is 1. The molecule has 4 aromatic rings. The lowest BCUT2D eigenvalue weighted by Crippen LogP contribution is -2.45. The highest BCUT2D eigenvalue weighted by molar-refractivity contribution is 7.14. The fraction of sp³-hybridized carbons (Fsp3) is 0.292. The lowest BCUT2D eigenvalue weighted by Gasteiger charge is -2.25. The Labute approximate surface area is 205 Å². The molecule has 1 fully saturated rings. The van der Waals surface area contributed by atoms with Crippen LogP contribution in [0.5, 0.6) is 0 Å². The third-order valence-electron chi connectivity index (χ3n) is 5.74. The maximum atomic E-state index is 13.3. The van der Waals surface area contributed by atoms with Gasteiger partial charge in [0.2, 0.25) is 5.91 Å². The summed E-state index contributed by atoms with van der Waals surface area (Å²) in [4.78, 5) is 36.7. The van der Waals surface area contributed by atoms with Crippen molar-refractivity contribution in [3.8, 4) is 0 Å². The molecule has 176 valence electrons. The van der Waals surface area contributed by atoms with Crippen molar-refractivity contribution in [1.82, 2.24) is 20.2 Å². The SMILES string of the molecule is O=C(NC(Cc1c[nH]c2ccccc12)C(=O)Nc1nc(CN2CCOCC2)cs1)c1cccs1. The Hall–Kier alpha value is -3.05. The Balaban J connectivity index is 1.30. The number of morpholine rings is 1. The third-order valence-corrected chi connectivity index (χ3v) is 7.41. The van der Waals surface area contributed by atoms with Crippen LogP contribution >= 0.6 is 22.7 Å². The number of hydrogen-bond donors (Lipinski definition) is 3. The average molecular weight is 496 g/mol. The van der Waals surface area contributed by atoms with Crippen LogP contribution in [0.15, 0.2) is 53.4 Å². The first-order valence-corrected chi connectivity index (χ1v) is 12.9. The van der Waals surface area contributed by atoms with Crippen LogP contribution in [0.25, 0.3) is 10.9 Å². The van der Waals surface area contributed by atoms with E-state index in [1.807, 2.05) is 47.3 Å². The van der Waals surface area contributed by atoms with Gasteiger partial charge in [0.15, 0.2) is 5.13 Å². The highest BCUT2D eigenvalue weighted by Crippen LogP contribution is 2.21. The summed E-state index contributed by atoms with van der Waals surface area (Å²) in [5, 5.41) is 11.2. The molecule has 1 aliphatic rings. The van der Waals surface area contributed by atoms with Crippen molar-refractivity contribution in [1.29, 1.82) is 0 Å². The zero-order valence-corrected chi connectivity index (χ0v) is 20.1. The number of nitrogens with one attached hydrogen (secondary N) is 3. The number of para-hydroxylation sites is 1. The van der Waals surface area contributed by atoms with Crippen molar-refractivity contribution in [3.63, 3.8) is 0 Å². The molecule has 8 nitrogen and oxygen atoms in total. The maximum absolute atomic E-state index is 13.3. The Morgan fingerprint density at radius 1 is 1.15 bits per heavy atom. The van der Waals surface area contributed by atoms with Crippen LogP contribution in [0.3, 0.4) is 0 Å². The van der Waals surface area contributed by atoms with E-state index in [0.717, 1.165) is 55.0 Å². The number of nitrogens with zero attached hydrogens (tertiary/aromatic N) is 2. The fourth-order valence-electron chi connectivity index (χ4n) is 3.98. The number of thiazole rings is 1. The standard InChI is InChI=1S/C24H25N5O3S2/c30-22(28-24-26-17(15-34-24)14-29-7-9-32-10-8-29)20(27-23(31)21-6-3-11-33-21)12-16-13-25-19-5-2-1-4-18(16)19/h1-6,11,13,15,20,25H,7-10,12,14H2,(H,27,31)(H,26,28,30). The van der Waals surface area contributed by atoms with Gasteiger partial charge < -0.3 is 20.4 Å². The third kappa shape index (κ3) is 5.36. The van der Waals surface area contributed by atoms with Gasteiger partial charge in [-0.15, -0.1) is 22.7 Å². The molecular weight excluding hydrogens is 470 g/mol. The second-order valence-electron chi connectivity index (χ2n) is 8.09. The molecule has 10 heteroatoms. The van der Waals surface area contributed by atoms with E-state index in [-0.39, 0.29) is 11.8 Å². The van der Waals surface area contributed by atoms with Crippen molar-refractivity contribution in [2.24, 2.45) is 0 Å². The zero-order chi connectivity index (χ0) is 23.3. The molecule has 0 bridgehead atoms. The summed E-state index contributed by atoms with van der Waals surface area (Å²) in [5.41, 5.74) is 2.88. The molecule has 1 unspecified atom stereocenters. The van der Waals surface area contributed by atoms with Gasteiger partial charge in [-0.2, -0.15) is 0 Å². The first-order valence-electron chi connectivity index (χ1n) is 11.1. The van der Waals surface area contributed by atoms with E-state index in [9.17, 15) is 9.59 Å². The van der Waals surface area contributed by atoms with Crippen molar-refractivity contribution in [2.45, 2.75) is 19.0 Å². The number of benzene rings is 1. The van der Waals surface area contributed by atoms with E-state index in [2.05, 4.69) is 25.5 Å². The van der Waals surface area contributed by atoms with E-state index in [4.69, 9.17) is 4.74 Å². The molecule has 4 heterocycles. The van der Waals surface area contributed by atoms with Gasteiger partial charge in [-0.05, 0) is 23.1 Å². The van der Waals surface area contributed by atoms with Crippen LogP contribution in [-0.2, 0) is 22.5 Å². The van der Waals surface area contributed by atoms with Crippen molar-refractivity contribution >= 4 is 50.5 Å². The van der Waals surface area contributed by atoms with Crippen LogP contribution < -0.4 is 10.6 Å². The van der Waals surface area contributed by atoms with E-state index in [1.165, 1.54) is 22.7 Å². The van der Waals surface area contributed by atoms with E-state index >= 15 is 0 Å². The van der Waals surface area contributed by atoms with Gasteiger partial charge in [0.25, 0.3) is 5.91 Å². The van der Waals surface area contributed by atoms with Gasteiger partial charge in [0, 0.05) is 48.5 Å². The summed E-state index contributed by atoms with van der Waals surface area (Å²) in [6, 6.07) is 10.7. The average Bonchev–Trinajstić information content (AvgIpc) is 3.61. The Morgan fingerprint density at radius 2 is 2.00 bits per heavy atom. The number of carbonyl (C=O) groups is 2.